The second-order valence-electron chi connectivity index (χ2n) is 4.88. The van der Waals surface area contributed by atoms with Crippen molar-refractivity contribution < 1.29 is 13.5 Å². The van der Waals surface area contributed by atoms with Gasteiger partial charge in [0.1, 0.15) is 23.5 Å². The first-order valence-electron chi connectivity index (χ1n) is 6.62. The maximum absolute atomic E-state index is 13.5. The van der Waals surface area contributed by atoms with Gasteiger partial charge in [0.15, 0.2) is 0 Å². The van der Waals surface area contributed by atoms with Crippen LogP contribution in [0.1, 0.15) is 11.1 Å². The van der Waals surface area contributed by atoms with Gasteiger partial charge < -0.3 is 10.1 Å². The average molecular weight is 275 g/mol. The summed E-state index contributed by atoms with van der Waals surface area (Å²) in [6.45, 7) is 0.719. The largest absolute Gasteiger partial charge is 0.488 e. The molecule has 1 atom stereocenters. The second kappa shape index (κ2) is 5.59. The van der Waals surface area contributed by atoms with Crippen LogP contribution < -0.4 is 10.1 Å². The number of fused-ring (bicyclic) bond motifs is 1. The molecule has 1 aliphatic heterocycles. The molecule has 3 rings (SSSR count). The number of halogens is 2. The molecule has 4 heteroatoms. The molecule has 1 unspecified atom stereocenters. The molecule has 2 aromatic rings. The van der Waals surface area contributed by atoms with E-state index in [0.29, 0.717) is 6.54 Å². The average Bonchev–Trinajstić information content (AvgIpc) is 2.84. The molecule has 20 heavy (non-hydrogen) atoms. The van der Waals surface area contributed by atoms with Crippen LogP contribution in [0.5, 0.6) is 5.75 Å². The highest BCUT2D eigenvalue weighted by atomic mass is 19.1. The predicted molar refractivity (Wildman–Crippen MR) is 72.6 cm³/mol. The summed E-state index contributed by atoms with van der Waals surface area (Å²) in [5.74, 6) is -0.141. The molecule has 0 saturated carbocycles. The van der Waals surface area contributed by atoms with Gasteiger partial charge in [-0.05, 0) is 23.8 Å². The van der Waals surface area contributed by atoms with Crippen LogP contribution in [0.3, 0.4) is 0 Å². The number of rotatable bonds is 4. The smallest absolute Gasteiger partial charge is 0.130 e. The maximum atomic E-state index is 13.5. The molecule has 0 fully saturated rings. The molecule has 0 radical (unpaired) electrons. The van der Waals surface area contributed by atoms with Crippen LogP contribution in [0.2, 0.25) is 0 Å². The molecule has 0 bridgehead atoms. The number of ether oxygens (including phenoxy) is 1. The standard InChI is InChI=1S/C16H15F2NO/c17-14-5-3-6-15(18)13(14)10-19-9-12-8-11-4-1-2-7-16(11)20-12/h1-7,12,19H,8-10H2. The van der Waals surface area contributed by atoms with Gasteiger partial charge in [-0.3, -0.25) is 0 Å². The van der Waals surface area contributed by atoms with Gasteiger partial charge in [-0.15, -0.1) is 0 Å². The highest BCUT2D eigenvalue weighted by molar-refractivity contribution is 5.37. The van der Waals surface area contributed by atoms with Gasteiger partial charge in [0.25, 0.3) is 0 Å². The Labute approximate surface area is 116 Å². The minimum Gasteiger partial charge on any atom is -0.488 e. The van der Waals surface area contributed by atoms with Crippen molar-refractivity contribution in [1.29, 1.82) is 0 Å². The molecule has 0 spiro atoms. The van der Waals surface area contributed by atoms with Crippen molar-refractivity contribution in [3.05, 3.63) is 65.2 Å². The Balaban J connectivity index is 1.55. The Morgan fingerprint density at radius 2 is 1.80 bits per heavy atom. The van der Waals surface area contributed by atoms with E-state index in [1.807, 2.05) is 24.3 Å². The van der Waals surface area contributed by atoms with E-state index in [1.165, 1.54) is 23.8 Å². The van der Waals surface area contributed by atoms with Crippen LogP contribution in [-0.4, -0.2) is 12.6 Å². The molecule has 2 aromatic carbocycles. The molecule has 1 aliphatic rings. The van der Waals surface area contributed by atoms with Crippen LogP contribution in [0, 0.1) is 11.6 Å². The Morgan fingerprint density at radius 3 is 2.55 bits per heavy atom. The van der Waals surface area contributed by atoms with E-state index in [2.05, 4.69) is 5.32 Å². The van der Waals surface area contributed by atoms with E-state index < -0.39 is 11.6 Å². The fourth-order valence-corrected chi connectivity index (χ4v) is 2.43. The molecule has 1 N–H and O–H groups in total. The zero-order valence-electron chi connectivity index (χ0n) is 10.9. The first kappa shape index (κ1) is 13.1. The predicted octanol–water partition coefficient (Wildman–Crippen LogP) is 3.06. The molecule has 1 heterocycles. The highest BCUT2D eigenvalue weighted by Gasteiger charge is 2.21. The van der Waals surface area contributed by atoms with Gasteiger partial charge >= 0.3 is 0 Å². The first-order valence-corrected chi connectivity index (χ1v) is 6.62. The fourth-order valence-electron chi connectivity index (χ4n) is 2.43. The summed E-state index contributed by atoms with van der Waals surface area (Å²) in [7, 11) is 0. The monoisotopic (exact) mass is 275 g/mol. The summed E-state index contributed by atoms with van der Waals surface area (Å²) in [4.78, 5) is 0. The molecular formula is C16H15F2NO. The molecule has 0 saturated heterocycles. The Kier molecular flexibility index (Phi) is 3.65. The van der Waals surface area contributed by atoms with Gasteiger partial charge in [0.2, 0.25) is 0 Å². The van der Waals surface area contributed by atoms with E-state index in [-0.39, 0.29) is 18.2 Å². The minimum absolute atomic E-state index is 0.0160. The van der Waals surface area contributed by atoms with Crippen LogP contribution in [-0.2, 0) is 13.0 Å². The zero-order valence-corrected chi connectivity index (χ0v) is 10.9. The van der Waals surface area contributed by atoms with E-state index in [9.17, 15) is 8.78 Å². The van der Waals surface area contributed by atoms with Crippen molar-refractivity contribution >= 4 is 0 Å². The van der Waals surface area contributed by atoms with Gasteiger partial charge in [-0.2, -0.15) is 0 Å². The lowest BCUT2D eigenvalue weighted by Gasteiger charge is -2.12. The van der Waals surface area contributed by atoms with Crippen LogP contribution in [0.4, 0.5) is 8.78 Å². The fraction of sp³-hybridized carbons (Fsp3) is 0.250. The number of benzene rings is 2. The maximum Gasteiger partial charge on any atom is 0.130 e. The van der Waals surface area contributed by atoms with Crippen molar-refractivity contribution in [2.75, 3.05) is 6.54 Å². The number of nitrogens with one attached hydrogen (secondary N) is 1. The van der Waals surface area contributed by atoms with Crippen molar-refractivity contribution in [3.8, 4) is 5.75 Å². The Morgan fingerprint density at radius 1 is 1.05 bits per heavy atom. The van der Waals surface area contributed by atoms with E-state index in [0.717, 1.165) is 12.2 Å². The minimum atomic E-state index is -0.520. The van der Waals surface area contributed by atoms with Gasteiger partial charge in [0, 0.05) is 25.1 Å². The van der Waals surface area contributed by atoms with E-state index >= 15 is 0 Å². The third-order valence-electron chi connectivity index (χ3n) is 3.45. The third kappa shape index (κ3) is 2.65. The van der Waals surface area contributed by atoms with E-state index in [1.54, 1.807) is 0 Å². The molecule has 0 aliphatic carbocycles. The highest BCUT2D eigenvalue weighted by Crippen LogP contribution is 2.27. The lowest BCUT2D eigenvalue weighted by atomic mass is 10.1. The molecule has 0 amide bonds. The van der Waals surface area contributed by atoms with Gasteiger partial charge in [-0.1, -0.05) is 24.3 Å². The first-order chi connectivity index (χ1) is 9.74. The van der Waals surface area contributed by atoms with Crippen molar-refractivity contribution in [1.82, 2.24) is 5.32 Å². The summed E-state index contributed by atoms with van der Waals surface area (Å²) in [5, 5.41) is 3.06. The molecule has 2 nitrogen and oxygen atoms in total. The lowest BCUT2D eigenvalue weighted by molar-refractivity contribution is 0.227. The number of para-hydroxylation sites is 1. The third-order valence-corrected chi connectivity index (χ3v) is 3.45. The van der Waals surface area contributed by atoms with Crippen LogP contribution in [0.15, 0.2) is 42.5 Å². The topological polar surface area (TPSA) is 21.3 Å². The summed E-state index contributed by atoms with van der Waals surface area (Å²) >= 11 is 0. The quantitative estimate of drug-likeness (QED) is 0.926. The molecule has 0 aromatic heterocycles. The molecular weight excluding hydrogens is 260 g/mol. The van der Waals surface area contributed by atoms with Crippen molar-refractivity contribution in [2.45, 2.75) is 19.1 Å². The van der Waals surface area contributed by atoms with Crippen molar-refractivity contribution in [2.24, 2.45) is 0 Å². The van der Waals surface area contributed by atoms with E-state index in [4.69, 9.17) is 4.74 Å². The summed E-state index contributed by atoms with van der Waals surface area (Å²) in [6.07, 6.45) is 0.838. The SMILES string of the molecule is Fc1cccc(F)c1CNCC1Cc2ccccc2O1. The Bertz CT molecular complexity index is 570. The van der Waals surface area contributed by atoms with Crippen LogP contribution in [0.25, 0.3) is 0 Å². The zero-order chi connectivity index (χ0) is 13.9. The summed E-state index contributed by atoms with van der Waals surface area (Å²) in [6, 6.07) is 11.8. The molecule has 104 valence electrons. The Hall–Kier alpha value is -1.94. The number of hydrogen-bond donors (Lipinski definition) is 1. The number of hydrogen-bond acceptors (Lipinski definition) is 2. The lowest BCUT2D eigenvalue weighted by Crippen LogP contribution is -2.30. The van der Waals surface area contributed by atoms with Crippen molar-refractivity contribution in [3.63, 3.8) is 0 Å². The van der Waals surface area contributed by atoms with Crippen LogP contribution >= 0.6 is 0 Å². The van der Waals surface area contributed by atoms with Gasteiger partial charge in [0.05, 0.1) is 0 Å². The normalized spacial score (nSPS) is 16.8. The van der Waals surface area contributed by atoms with Gasteiger partial charge in [-0.25, -0.2) is 8.78 Å². The second-order valence-corrected chi connectivity index (χ2v) is 4.88. The summed E-state index contributed by atoms with van der Waals surface area (Å²) in [5.41, 5.74) is 1.25. The summed E-state index contributed by atoms with van der Waals surface area (Å²) < 4.78 is 32.7.